The van der Waals surface area contributed by atoms with Crippen LogP contribution in [0.1, 0.15) is 25.8 Å². The molecule has 0 amide bonds. The van der Waals surface area contributed by atoms with E-state index in [9.17, 15) is 4.79 Å². The fourth-order valence-corrected chi connectivity index (χ4v) is 2.86. The summed E-state index contributed by atoms with van der Waals surface area (Å²) < 4.78 is 10.7. The molecule has 116 valence electrons. The molecule has 0 spiro atoms. The minimum Gasteiger partial charge on any atom is -0.465 e. The molecule has 0 saturated carbocycles. The summed E-state index contributed by atoms with van der Waals surface area (Å²) in [6.45, 7) is 7.01. The molecule has 1 aromatic rings. The third-order valence-electron chi connectivity index (χ3n) is 4.02. The van der Waals surface area contributed by atoms with Crippen molar-refractivity contribution in [3.05, 3.63) is 35.9 Å². The predicted molar refractivity (Wildman–Crippen MR) is 81.9 cm³/mol. The van der Waals surface area contributed by atoms with Gasteiger partial charge >= 0.3 is 5.97 Å². The monoisotopic (exact) mass is 291 g/mol. The van der Waals surface area contributed by atoms with E-state index in [-0.39, 0.29) is 5.97 Å². The second-order valence-electron chi connectivity index (χ2n) is 5.47. The van der Waals surface area contributed by atoms with Crippen molar-refractivity contribution in [2.45, 2.75) is 32.9 Å². The van der Waals surface area contributed by atoms with Crippen LogP contribution in [0.4, 0.5) is 0 Å². The first-order valence-corrected chi connectivity index (χ1v) is 7.76. The van der Waals surface area contributed by atoms with Gasteiger partial charge in [-0.25, -0.2) is 0 Å². The highest BCUT2D eigenvalue weighted by Crippen LogP contribution is 2.24. The third kappa shape index (κ3) is 4.55. The SMILES string of the molecule is CCOC(=O)CN(Cc1ccccc1)[C@H]1COC[C@H]1CC. The van der Waals surface area contributed by atoms with Crippen molar-refractivity contribution in [3.8, 4) is 0 Å². The standard InChI is InChI=1S/C17H25NO3/c1-3-15-12-20-13-16(15)18(11-17(19)21-4-2)10-14-8-6-5-7-9-14/h5-9,15-16H,3-4,10-13H2,1-2H3/t15-,16+/m1/s1. The topological polar surface area (TPSA) is 38.8 Å². The number of carbonyl (C=O) groups is 1. The van der Waals surface area contributed by atoms with Crippen molar-refractivity contribution in [2.75, 3.05) is 26.4 Å². The van der Waals surface area contributed by atoms with E-state index in [4.69, 9.17) is 9.47 Å². The molecular weight excluding hydrogens is 266 g/mol. The van der Waals surface area contributed by atoms with Crippen LogP contribution in [0.2, 0.25) is 0 Å². The van der Waals surface area contributed by atoms with Gasteiger partial charge in [0.1, 0.15) is 0 Å². The summed E-state index contributed by atoms with van der Waals surface area (Å²) in [5.74, 6) is 0.332. The van der Waals surface area contributed by atoms with E-state index >= 15 is 0 Å². The molecule has 2 rings (SSSR count). The first kappa shape index (κ1) is 16.0. The van der Waals surface area contributed by atoms with E-state index in [0.29, 0.717) is 31.7 Å². The molecule has 0 aromatic heterocycles. The van der Waals surface area contributed by atoms with Crippen LogP contribution in [0.3, 0.4) is 0 Å². The lowest BCUT2D eigenvalue weighted by atomic mass is 9.98. The average molecular weight is 291 g/mol. The van der Waals surface area contributed by atoms with Gasteiger partial charge in [0.15, 0.2) is 0 Å². The maximum atomic E-state index is 11.9. The van der Waals surface area contributed by atoms with E-state index in [1.165, 1.54) is 5.56 Å². The fourth-order valence-electron chi connectivity index (χ4n) is 2.86. The number of benzene rings is 1. The number of carbonyl (C=O) groups excluding carboxylic acids is 1. The Morgan fingerprint density at radius 1 is 1.29 bits per heavy atom. The largest absolute Gasteiger partial charge is 0.465 e. The third-order valence-corrected chi connectivity index (χ3v) is 4.02. The summed E-state index contributed by atoms with van der Waals surface area (Å²) in [6, 6.07) is 10.5. The molecular formula is C17H25NO3. The molecule has 1 aromatic carbocycles. The van der Waals surface area contributed by atoms with Crippen LogP contribution in [-0.2, 0) is 20.8 Å². The molecule has 1 aliphatic heterocycles. The molecule has 0 radical (unpaired) electrons. The lowest BCUT2D eigenvalue weighted by Gasteiger charge is -2.30. The quantitative estimate of drug-likeness (QED) is 0.724. The first-order valence-electron chi connectivity index (χ1n) is 7.76. The molecule has 21 heavy (non-hydrogen) atoms. The molecule has 1 fully saturated rings. The van der Waals surface area contributed by atoms with Crippen LogP contribution in [0.5, 0.6) is 0 Å². The first-order chi connectivity index (χ1) is 10.2. The van der Waals surface area contributed by atoms with Crippen LogP contribution >= 0.6 is 0 Å². The number of ether oxygens (including phenoxy) is 2. The number of nitrogens with zero attached hydrogens (tertiary/aromatic N) is 1. The summed E-state index contributed by atoms with van der Waals surface area (Å²) in [6.07, 6.45) is 1.07. The Morgan fingerprint density at radius 2 is 2.05 bits per heavy atom. The molecule has 0 aliphatic carbocycles. The Labute approximate surface area is 127 Å². The zero-order chi connectivity index (χ0) is 15.1. The number of rotatable bonds is 7. The highest BCUT2D eigenvalue weighted by molar-refractivity contribution is 5.71. The fraction of sp³-hybridized carbons (Fsp3) is 0.588. The molecule has 2 atom stereocenters. The average Bonchev–Trinajstić information content (AvgIpc) is 2.96. The predicted octanol–water partition coefficient (Wildman–Crippen LogP) is 2.48. The molecule has 0 bridgehead atoms. The van der Waals surface area contributed by atoms with Gasteiger partial charge in [0, 0.05) is 12.6 Å². The van der Waals surface area contributed by atoms with Crippen molar-refractivity contribution in [1.29, 1.82) is 0 Å². The second kappa shape index (κ2) is 8.15. The van der Waals surface area contributed by atoms with Crippen LogP contribution < -0.4 is 0 Å². The molecule has 4 heteroatoms. The van der Waals surface area contributed by atoms with Crippen molar-refractivity contribution in [3.63, 3.8) is 0 Å². The zero-order valence-electron chi connectivity index (χ0n) is 13.0. The molecule has 0 N–H and O–H groups in total. The summed E-state index contributed by atoms with van der Waals surface area (Å²) in [5.41, 5.74) is 1.21. The van der Waals surface area contributed by atoms with Gasteiger partial charge in [-0.2, -0.15) is 0 Å². The lowest BCUT2D eigenvalue weighted by molar-refractivity contribution is -0.145. The Bertz CT molecular complexity index is 435. The van der Waals surface area contributed by atoms with E-state index in [1.54, 1.807) is 0 Å². The molecule has 1 saturated heterocycles. The summed E-state index contributed by atoms with van der Waals surface area (Å²) in [7, 11) is 0. The van der Waals surface area contributed by atoms with Crippen molar-refractivity contribution in [1.82, 2.24) is 4.90 Å². The van der Waals surface area contributed by atoms with Crippen molar-refractivity contribution < 1.29 is 14.3 Å². The Hall–Kier alpha value is -1.39. The van der Waals surface area contributed by atoms with Gasteiger partial charge in [-0.15, -0.1) is 0 Å². The summed E-state index contributed by atoms with van der Waals surface area (Å²) >= 11 is 0. The number of hydrogen-bond donors (Lipinski definition) is 0. The van der Waals surface area contributed by atoms with Gasteiger partial charge in [0.2, 0.25) is 0 Å². The van der Waals surface area contributed by atoms with Gasteiger partial charge in [0.05, 0.1) is 26.4 Å². The zero-order valence-corrected chi connectivity index (χ0v) is 13.0. The number of esters is 1. The Morgan fingerprint density at radius 3 is 2.71 bits per heavy atom. The van der Waals surface area contributed by atoms with Gasteiger partial charge < -0.3 is 9.47 Å². The lowest BCUT2D eigenvalue weighted by Crippen LogP contribution is -2.43. The van der Waals surface area contributed by atoms with Crippen LogP contribution in [0.25, 0.3) is 0 Å². The van der Waals surface area contributed by atoms with E-state index in [0.717, 1.165) is 19.6 Å². The Balaban J connectivity index is 2.07. The van der Waals surface area contributed by atoms with Crippen LogP contribution in [0, 0.1) is 5.92 Å². The molecule has 1 aliphatic rings. The van der Waals surface area contributed by atoms with Crippen molar-refractivity contribution in [2.24, 2.45) is 5.92 Å². The molecule has 0 unspecified atom stereocenters. The van der Waals surface area contributed by atoms with Gasteiger partial charge in [-0.3, -0.25) is 9.69 Å². The molecule has 1 heterocycles. The van der Waals surface area contributed by atoms with Crippen LogP contribution in [-0.4, -0.2) is 43.3 Å². The van der Waals surface area contributed by atoms with E-state index in [1.807, 2.05) is 25.1 Å². The highest BCUT2D eigenvalue weighted by Gasteiger charge is 2.33. The Kier molecular flexibility index (Phi) is 6.21. The minimum absolute atomic E-state index is 0.157. The normalized spacial score (nSPS) is 21.7. The van der Waals surface area contributed by atoms with E-state index in [2.05, 4.69) is 24.0 Å². The van der Waals surface area contributed by atoms with Gasteiger partial charge in [0.25, 0.3) is 0 Å². The smallest absolute Gasteiger partial charge is 0.320 e. The van der Waals surface area contributed by atoms with Crippen molar-refractivity contribution >= 4 is 5.97 Å². The maximum absolute atomic E-state index is 11.9. The minimum atomic E-state index is -0.157. The highest BCUT2D eigenvalue weighted by atomic mass is 16.5. The van der Waals surface area contributed by atoms with Crippen LogP contribution in [0.15, 0.2) is 30.3 Å². The number of hydrogen-bond acceptors (Lipinski definition) is 4. The summed E-state index contributed by atoms with van der Waals surface area (Å²) in [5, 5.41) is 0. The van der Waals surface area contributed by atoms with Gasteiger partial charge in [-0.05, 0) is 24.8 Å². The van der Waals surface area contributed by atoms with Gasteiger partial charge in [-0.1, -0.05) is 37.3 Å². The van der Waals surface area contributed by atoms with E-state index < -0.39 is 0 Å². The maximum Gasteiger partial charge on any atom is 0.320 e. The second-order valence-corrected chi connectivity index (χ2v) is 5.47. The summed E-state index contributed by atoms with van der Waals surface area (Å²) in [4.78, 5) is 14.1. The molecule has 4 nitrogen and oxygen atoms in total.